The Balaban J connectivity index is 1.97. The summed E-state index contributed by atoms with van der Waals surface area (Å²) in [6.45, 7) is 7.97. The van der Waals surface area contributed by atoms with E-state index in [1.807, 2.05) is 11.8 Å². The van der Waals surface area contributed by atoms with Crippen LogP contribution >= 0.6 is 11.8 Å². The van der Waals surface area contributed by atoms with Gasteiger partial charge in [0.15, 0.2) is 0 Å². The minimum Gasteiger partial charge on any atom is -0.369 e. The normalized spacial score (nSPS) is 20.8. The Bertz CT molecular complexity index is 721. The van der Waals surface area contributed by atoms with Gasteiger partial charge in [-0.05, 0) is 54.3 Å². The van der Waals surface area contributed by atoms with E-state index in [2.05, 4.69) is 92.8 Å². The largest absolute Gasteiger partial charge is 0.369 e. The maximum atomic E-state index is 3.77. The molecule has 0 saturated carbocycles. The van der Waals surface area contributed by atoms with E-state index in [0.29, 0.717) is 12.1 Å². The molecule has 0 bridgehead atoms. The van der Waals surface area contributed by atoms with Crippen molar-refractivity contribution in [3.8, 4) is 0 Å². The van der Waals surface area contributed by atoms with E-state index in [1.54, 1.807) is 0 Å². The molecule has 0 aromatic heterocycles. The van der Waals surface area contributed by atoms with Gasteiger partial charge in [-0.15, -0.1) is 11.8 Å². The lowest BCUT2D eigenvalue weighted by Gasteiger charge is -2.41. The number of nitrogens with one attached hydrogen (secondary N) is 1. The van der Waals surface area contributed by atoms with Crippen LogP contribution in [0, 0.1) is 0 Å². The Morgan fingerprint density at radius 2 is 1.81 bits per heavy atom. The summed E-state index contributed by atoms with van der Waals surface area (Å²) in [6.07, 6.45) is 4.62. The van der Waals surface area contributed by atoms with Crippen molar-refractivity contribution in [2.75, 3.05) is 24.7 Å². The Morgan fingerprint density at radius 3 is 2.46 bits per heavy atom. The highest BCUT2D eigenvalue weighted by atomic mass is 32.2. The second-order valence-electron chi connectivity index (χ2n) is 8.30. The Kier molecular flexibility index (Phi) is 5.99. The summed E-state index contributed by atoms with van der Waals surface area (Å²) >= 11 is 1.84. The highest BCUT2D eigenvalue weighted by Crippen LogP contribution is 2.37. The van der Waals surface area contributed by atoms with Crippen LogP contribution in [0.2, 0.25) is 0 Å². The molecule has 0 amide bonds. The van der Waals surface area contributed by atoms with Crippen molar-refractivity contribution in [2.24, 2.45) is 0 Å². The third-order valence-electron chi connectivity index (χ3n) is 5.51. The fourth-order valence-electron chi connectivity index (χ4n) is 3.90. The molecule has 26 heavy (non-hydrogen) atoms. The second kappa shape index (κ2) is 8.06. The molecular weight excluding hydrogens is 336 g/mol. The molecule has 2 aromatic carbocycles. The minimum absolute atomic E-state index is 0.163. The first-order valence-electron chi connectivity index (χ1n) is 9.61. The van der Waals surface area contributed by atoms with E-state index in [-0.39, 0.29) is 5.41 Å². The molecule has 3 rings (SSSR count). The molecule has 1 saturated heterocycles. The molecule has 1 aliphatic heterocycles. The number of rotatable bonds is 4. The van der Waals surface area contributed by atoms with Gasteiger partial charge in [0.2, 0.25) is 0 Å². The van der Waals surface area contributed by atoms with E-state index in [1.165, 1.54) is 34.6 Å². The van der Waals surface area contributed by atoms with Crippen LogP contribution in [-0.2, 0) is 5.41 Å². The first-order chi connectivity index (χ1) is 12.4. The quantitative estimate of drug-likeness (QED) is 0.704. The van der Waals surface area contributed by atoms with E-state index in [9.17, 15) is 0 Å². The Morgan fingerprint density at radius 1 is 1.08 bits per heavy atom. The monoisotopic (exact) mass is 368 g/mol. The van der Waals surface area contributed by atoms with Crippen LogP contribution in [-0.4, -0.2) is 25.9 Å². The summed E-state index contributed by atoms with van der Waals surface area (Å²) in [5.74, 6) is 0. The molecule has 1 fully saturated rings. The molecule has 0 aliphatic carbocycles. The van der Waals surface area contributed by atoms with Crippen LogP contribution in [0.5, 0.6) is 0 Å². The van der Waals surface area contributed by atoms with Crippen LogP contribution in [0.1, 0.15) is 50.8 Å². The number of piperidine rings is 1. The van der Waals surface area contributed by atoms with Crippen molar-refractivity contribution in [3.05, 3.63) is 59.7 Å². The van der Waals surface area contributed by atoms with Gasteiger partial charge in [-0.25, -0.2) is 0 Å². The summed E-state index contributed by atoms with van der Waals surface area (Å²) in [6, 6.07) is 18.7. The van der Waals surface area contributed by atoms with Crippen LogP contribution in [0.15, 0.2) is 53.4 Å². The van der Waals surface area contributed by atoms with Gasteiger partial charge in [0.25, 0.3) is 0 Å². The van der Waals surface area contributed by atoms with Crippen molar-refractivity contribution in [1.82, 2.24) is 5.32 Å². The van der Waals surface area contributed by atoms with Crippen LogP contribution in [0.4, 0.5) is 5.69 Å². The van der Waals surface area contributed by atoms with Gasteiger partial charge in [-0.1, -0.05) is 57.2 Å². The molecule has 1 aliphatic rings. The lowest BCUT2D eigenvalue weighted by atomic mass is 9.86. The maximum absolute atomic E-state index is 3.77. The minimum atomic E-state index is 0.163. The van der Waals surface area contributed by atoms with Crippen LogP contribution < -0.4 is 10.2 Å². The summed E-state index contributed by atoms with van der Waals surface area (Å²) in [5, 5.41) is 3.77. The molecule has 0 spiro atoms. The molecule has 0 unspecified atom stereocenters. The van der Waals surface area contributed by atoms with Crippen molar-refractivity contribution >= 4 is 17.4 Å². The van der Waals surface area contributed by atoms with Gasteiger partial charge < -0.3 is 10.2 Å². The molecule has 1 N–H and O–H groups in total. The molecule has 140 valence electrons. The fourth-order valence-corrected chi connectivity index (χ4v) is 4.52. The molecule has 0 radical (unpaired) electrons. The maximum Gasteiger partial charge on any atom is 0.0527 e. The number of nitrogens with zero attached hydrogens (tertiary/aromatic N) is 1. The van der Waals surface area contributed by atoms with Gasteiger partial charge in [0.1, 0.15) is 0 Å². The van der Waals surface area contributed by atoms with E-state index in [4.69, 9.17) is 0 Å². The molecule has 2 aromatic rings. The Hall–Kier alpha value is -1.45. The molecule has 2 atom stereocenters. The lowest BCUT2D eigenvalue weighted by Crippen LogP contribution is -2.47. The zero-order valence-corrected chi connectivity index (χ0v) is 17.6. The van der Waals surface area contributed by atoms with Crippen molar-refractivity contribution in [2.45, 2.75) is 56.0 Å². The van der Waals surface area contributed by atoms with Gasteiger partial charge in [-0.2, -0.15) is 0 Å². The van der Waals surface area contributed by atoms with Crippen molar-refractivity contribution < 1.29 is 0 Å². The number of hydrogen-bond acceptors (Lipinski definition) is 3. The first kappa shape index (κ1) is 19.3. The van der Waals surface area contributed by atoms with Gasteiger partial charge >= 0.3 is 0 Å². The standard InChI is InChI=1S/C23H32N2S/c1-23(2,3)18-13-14-21(26-5)20(16-18)25(4)19-12-9-15-24-22(19)17-10-7-6-8-11-17/h6-8,10-11,13-14,16,19,22,24H,9,12,15H2,1-5H3/t19-,22-/m1/s1. The highest BCUT2D eigenvalue weighted by Gasteiger charge is 2.30. The number of anilines is 1. The lowest BCUT2D eigenvalue weighted by molar-refractivity contribution is 0.347. The number of benzene rings is 2. The zero-order valence-electron chi connectivity index (χ0n) is 16.8. The van der Waals surface area contributed by atoms with Crippen molar-refractivity contribution in [1.29, 1.82) is 0 Å². The third-order valence-corrected chi connectivity index (χ3v) is 6.29. The number of hydrogen-bond donors (Lipinski definition) is 1. The molecular formula is C23H32N2S. The van der Waals surface area contributed by atoms with E-state index >= 15 is 0 Å². The molecule has 3 heteroatoms. The first-order valence-corrected chi connectivity index (χ1v) is 10.8. The summed E-state index contributed by atoms with van der Waals surface area (Å²) in [4.78, 5) is 3.88. The molecule has 1 heterocycles. The summed E-state index contributed by atoms with van der Waals surface area (Å²) < 4.78 is 0. The average molecular weight is 369 g/mol. The average Bonchev–Trinajstić information content (AvgIpc) is 2.67. The topological polar surface area (TPSA) is 15.3 Å². The SMILES string of the molecule is CSc1ccc(C(C)(C)C)cc1N(C)[C@@H]1CCCN[C@@H]1c1ccccc1. The number of likely N-dealkylation sites (N-methyl/N-ethyl adjacent to an activating group) is 1. The predicted molar refractivity (Wildman–Crippen MR) is 116 cm³/mol. The smallest absolute Gasteiger partial charge is 0.0527 e. The predicted octanol–water partition coefficient (Wildman–Crippen LogP) is 5.64. The van der Waals surface area contributed by atoms with E-state index in [0.717, 1.165) is 6.54 Å². The summed E-state index contributed by atoms with van der Waals surface area (Å²) in [5.41, 5.74) is 4.31. The fraction of sp³-hybridized carbons (Fsp3) is 0.478. The second-order valence-corrected chi connectivity index (χ2v) is 9.15. The third kappa shape index (κ3) is 4.10. The zero-order chi connectivity index (χ0) is 18.7. The van der Waals surface area contributed by atoms with Crippen LogP contribution in [0.3, 0.4) is 0 Å². The van der Waals surface area contributed by atoms with Gasteiger partial charge in [0.05, 0.1) is 11.7 Å². The van der Waals surface area contributed by atoms with E-state index < -0.39 is 0 Å². The summed E-state index contributed by atoms with van der Waals surface area (Å²) in [7, 11) is 2.27. The van der Waals surface area contributed by atoms with Crippen molar-refractivity contribution in [3.63, 3.8) is 0 Å². The number of thioether (sulfide) groups is 1. The Labute approximate surface area is 163 Å². The van der Waals surface area contributed by atoms with Crippen LogP contribution in [0.25, 0.3) is 0 Å². The highest BCUT2D eigenvalue weighted by molar-refractivity contribution is 7.98. The molecule has 2 nitrogen and oxygen atoms in total. The van der Waals surface area contributed by atoms with Gasteiger partial charge in [-0.3, -0.25) is 0 Å². The van der Waals surface area contributed by atoms with Gasteiger partial charge in [0, 0.05) is 18.0 Å².